The molecular weight excluding hydrogens is 226 g/mol. The zero-order valence-electron chi connectivity index (χ0n) is 10.2. The summed E-state index contributed by atoms with van der Waals surface area (Å²) in [5.74, 6) is 0.945. The molecule has 0 radical (unpaired) electrons. The summed E-state index contributed by atoms with van der Waals surface area (Å²) in [5.41, 5.74) is 8.28. The monoisotopic (exact) mass is 243 g/mol. The van der Waals surface area contributed by atoms with E-state index in [2.05, 4.69) is 11.0 Å². The highest BCUT2D eigenvalue weighted by Crippen LogP contribution is 2.41. The van der Waals surface area contributed by atoms with Crippen LogP contribution in [0.25, 0.3) is 0 Å². The minimum Gasteiger partial charge on any atom is -0.397 e. The smallest absolute Gasteiger partial charge is 0.0992 e. The molecule has 0 aromatic heterocycles. The van der Waals surface area contributed by atoms with Crippen LogP contribution in [0.5, 0.6) is 0 Å². The second-order valence-corrected chi connectivity index (χ2v) is 5.36. The van der Waals surface area contributed by atoms with Gasteiger partial charge in [-0.3, -0.25) is 0 Å². The first-order valence-electron chi connectivity index (χ1n) is 6.41. The van der Waals surface area contributed by atoms with Crippen LogP contribution >= 0.6 is 0 Å². The minimum atomic E-state index is -0.166. The highest BCUT2D eigenvalue weighted by atomic mass is 16.3. The fraction of sp³-hybridized carbons (Fsp3) is 0.500. The van der Waals surface area contributed by atoms with Crippen molar-refractivity contribution in [1.29, 1.82) is 5.26 Å². The van der Waals surface area contributed by atoms with Gasteiger partial charge in [0.15, 0.2) is 0 Å². The molecule has 1 aromatic rings. The first-order chi connectivity index (χ1) is 8.69. The summed E-state index contributed by atoms with van der Waals surface area (Å²) in [6, 6.07) is 7.53. The highest BCUT2D eigenvalue weighted by Gasteiger charge is 2.42. The lowest BCUT2D eigenvalue weighted by molar-refractivity contribution is 0.133. The van der Waals surface area contributed by atoms with E-state index in [4.69, 9.17) is 11.0 Å². The largest absolute Gasteiger partial charge is 0.397 e. The van der Waals surface area contributed by atoms with Gasteiger partial charge in [0, 0.05) is 19.0 Å². The zero-order chi connectivity index (χ0) is 12.7. The maximum atomic E-state index is 9.92. The van der Waals surface area contributed by atoms with Crippen molar-refractivity contribution in [1.82, 2.24) is 0 Å². The molecule has 1 aliphatic heterocycles. The quantitative estimate of drug-likeness (QED) is 0.730. The molecule has 0 bridgehead atoms. The van der Waals surface area contributed by atoms with Crippen molar-refractivity contribution in [2.24, 2.45) is 11.8 Å². The van der Waals surface area contributed by atoms with E-state index in [9.17, 15) is 5.11 Å². The second-order valence-electron chi connectivity index (χ2n) is 5.36. The number of fused-ring (bicyclic) bond motifs is 1. The number of nitrogens with zero attached hydrogens (tertiary/aromatic N) is 2. The number of aliphatic hydroxyl groups excluding tert-OH is 1. The van der Waals surface area contributed by atoms with Crippen molar-refractivity contribution in [3.05, 3.63) is 23.8 Å². The Kier molecular flexibility index (Phi) is 2.64. The van der Waals surface area contributed by atoms with Gasteiger partial charge in [0.05, 0.1) is 29.1 Å². The lowest BCUT2D eigenvalue weighted by Gasteiger charge is -2.22. The Morgan fingerprint density at radius 2 is 2.17 bits per heavy atom. The fourth-order valence-corrected chi connectivity index (χ4v) is 3.32. The number of nitriles is 1. The fourth-order valence-electron chi connectivity index (χ4n) is 3.32. The van der Waals surface area contributed by atoms with E-state index in [1.807, 2.05) is 6.07 Å². The summed E-state index contributed by atoms with van der Waals surface area (Å²) >= 11 is 0. The maximum absolute atomic E-state index is 9.92. The molecule has 1 saturated carbocycles. The average molecular weight is 243 g/mol. The summed E-state index contributed by atoms with van der Waals surface area (Å²) < 4.78 is 0. The van der Waals surface area contributed by atoms with Gasteiger partial charge in [0.25, 0.3) is 0 Å². The normalized spacial score (nSPS) is 30.2. The van der Waals surface area contributed by atoms with Gasteiger partial charge in [0.2, 0.25) is 0 Å². The van der Waals surface area contributed by atoms with Gasteiger partial charge in [-0.15, -0.1) is 0 Å². The van der Waals surface area contributed by atoms with Crippen LogP contribution in [0.15, 0.2) is 18.2 Å². The number of hydrogen-bond acceptors (Lipinski definition) is 4. The molecule has 3 rings (SSSR count). The second kappa shape index (κ2) is 4.18. The molecule has 4 nitrogen and oxygen atoms in total. The molecule has 0 spiro atoms. The Balaban J connectivity index is 1.87. The molecule has 1 aliphatic carbocycles. The minimum absolute atomic E-state index is 0.166. The van der Waals surface area contributed by atoms with Gasteiger partial charge < -0.3 is 15.7 Å². The lowest BCUT2D eigenvalue weighted by atomic mass is 10.00. The molecule has 1 saturated heterocycles. The topological polar surface area (TPSA) is 73.3 Å². The number of anilines is 2. The van der Waals surface area contributed by atoms with E-state index in [1.54, 1.807) is 12.1 Å². The van der Waals surface area contributed by atoms with Crippen LogP contribution in [0.4, 0.5) is 11.4 Å². The van der Waals surface area contributed by atoms with Crippen molar-refractivity contribution in [2.75, 3.05) is 23.7 Å². The number of aliphatic hydroxyl groups is 1. The highest BCUT2D eigenvalue weighted by molar-refractivity contribution is 5.70. The molecular formula is C14H17N3O. The van der Waals surface area contributed by atoms with Gasteiger partial charge in [-0.05, 0) is 37.0 Å². The Hall–Kier alpha value is -1.73. The predicted molar refractivity (Wildman–Crippen MR) is 70.0 cm³/mol. The molecule has 2 aliphatic rings. The van der Waals surface area contributed by atoms with Crippen LogP contribution in [0.1, 0.15) is 18.4 Å². The van der Waals surface area contributed by atoms with E-state index in [-0.39, 0.29) is 6.10 Å². The summed E-state index contributed by atoms with van der Waals surface area (Å²) in [6.07, 6.45) is 1.86. The third-order valence-corrected chi connectivity index (χ3v) is 4.32. The van der Waals surface area contributed by atoms with Crippen molar-refractivity contribution in [3.8, 4) is 6.07 Å². The van der Waals surface area contributed by atoms with Crippen LogP contribution in [0, 0.1) is 23.2 Å². The van der Waals surface area contributed by atoms with Crippen LogP contribution in [-0.2, 0) is 0 Å². The number of benzene rings is 1. The number of rotatable bonds is 1. The molecule has 3 unspecified atom stereocenters. The van der Waals surface area contributed by atoms with Crippen molar-refractivity contribution < 1.29 is 5.11 Å². The van der Waals surface area contributed by atoms with Gasteiger partial charge in [0.1, 0.15) is 0 Å². The lowest BCUT2D eigenvalue weighted by Crippen LogP contribution is -2.25. The summed E-state index contributed by atoms with van der Waals surface area (Å²) in [4.78, 5) is 2.22. The van der Waals surface area contributed by atoms with Crippen molar-refractivity contribution in [3.63, 3.8) is 0 Å². The number of hydrogen-bond donors (Lipinski definition) is 2. The molecule has 1 heterocycles. The molecule has 1 aromatic carbocycles. The van der Waals surface area contributed by atoms with Gasteiger partial charge in [-0.1, -0.05) is 0 Å². The van der Waals surface area contributed by atoms with E-state index in [1.165, 1.54) is 0 Å². The summed E-state index contributed by atoms with van der Waals surface area (Å²) in [6.45, 7) is 1.80. The predicted octanol–water partition coefficient (Wildman–Crippen LogP) is 1.35. The molecule has 18 heavy (non-hydrogen) atoms. The van der Waals surface area contributed by atoms with Crippen molar-refractivity contribution in [2.45, 2.75) is 18.9 Å². The molecule has 2 fully saturated rings. The Bertz CT molecular complexity index is 508. The van der Waals surface area contributed by atoms with Crippen LogP contribution in [0.3, 0.4) is 0 Å². The Labute approximate surface area is 107 Å². The van der Waals surface area contributed by atoms with E-state index < -0.39 is 0 Å². The SMILES string of the molecule is N#Cc1ccc(N)c(N2CC3CCC(O)C3C2)c1. The van der Waals surface area contributed by atoms with Crippen LogP contribution in [-0.4, -0.2) is 24.3 Å². The molecule has 3 atom stereocenters. The first kappa shape index (κ1) is 11.4. The third-order valence-electron chi connectivity index (χ3n) is 4.32. The van der Waals surface area contributed by atoms with Gasteiger partial charge in [-0.25, -0.2) is 0 Å². The third kappa shape index (κ3) is 1.72. The number of nitrogen functional groups attached to an aromatic ring is 1. The van der Waals surface area contributed by atoms with Crippen LogP contribution in [0.2, 0.25) is 0 Å². The number of nitrogens with two attached hydrogens (primary N) is 1. The first-order valence-corrected chi connectivity index (χ1v) is 6.41. The summed E-state index contributed by atoms with van der Waals surface area (Å²) in [7, 11) is 0. The van der Waals surface area contributed by atoms with Gasteiger partial charge in [-0.2, -0.15) is 5.26 Å². The zero-order valence-corrected chi connectivity index (χ0v) is 10.2. The van der Waals surface area contributed by atoms with Gasteiger partial charge >= 0.3 is 0 Å². The molecule has 0 amide bonds. The van der Waals surface area contributed by atoms with E-state index in [0.29, 0.717) is 23.1 Å². The Morgan fingerprint density at radius 1 is 1.33 bits per heavy atom. The summed E-state index contributed by atoms with van der Waals surface area (Å²) in [5, 5.41) is 18.9. The molecule has 4 heteroatoms. The van der Waals surface area contributed by atoms with Crippen molar-refractivity contribution >= 4 is 11.4 Å². The Morgan fingerprint density at radius 3 is 2.89 bits per heavy atom. The van der Waals surface area contributed by atoms with E-state index >= 15 is 0 Å². The average Bonchev–Trinajstić information content (AvgIpc) is 2.93. The maximum Gasteiger partial charge on any atom is 0.0992 e. The molecule has 3 N–H and O–H groups in total. The van der Waals surface area contributed by atoms with Crippen LogP contribution < -0.4 is 10.6 Å². The van der Waals surface area contributed by atoms with E-state index in [0.717, 1.165) is 31.6 Å². The molecule has 94 valence electrons. The standard InChI is InChI=1S/C14H17N3O/c15-6-9-1-3-12(16)13(5-9)17-7-10-2-4-14(18)11(10)8-17/h1,3,5,10-11,14,18H,2,4,7-8,16H2.